The second kappa shape index (κ2) is 7.95. The Kier molecular flexibility index (Phi) is 5.46. The van der Waals surface area contributed by atoms with Crippen molar-refractivity contribution in [3.8, 4) is 0 Å². The van der Waals surface area contributed by atoms with Gasteiger partial charge in [0.1, 0.15) is 5.82 Å². The van der Waals surface area contributed by atoms with E-state index in [-0.39, 0.29) is 30.1 Å². The summed E-state index contributed by atoms with van der Waals surface area (Å²) in [5.74, 6) is -0.487. The lowest BCUT2D eigenvalue weighted by molar-refractivity contribution is -0.129. The molecule has 4 nitrogen and oxygen atoms in total. The van der Waals surface area contributed by atoms with Gasteiger partial charge in [-0.3, -0.25) is 9.59 Å². The van der Waals surface area contributed by atoms with Gasteiger partial charge in [0, 0.05) is 19.7 Å². The van der Waals surface area contributed by atoms with Crippen molar-refractivity contribution in [2.75, 3.05) is 6.54 Å². The highest BCUT2D eigenvalue weighted by molar-refractivity contribution is 5.81. The number of fused-ring (bicyclic) bond motifs is 1. The van der Waals surface area contributed by atoms with Crippen molar-refractivity contribution in [2.45, 2.75) is 25.8 Å². The topological polar surface area (TPSA) is 49.4 Å². The lowest BCUT2D eigenvalue weighted by atomic mass is 9.93. The zero-order valence-corrected chi connectivity index (χ0v) is 14.6. The number of halogens is 1. The summed E-state index contributed by atoms with van der Waals surface area (Å²) in [6.07, 6.45) is 4.45. The summed E-state index contributed by atoms with van der Waals surface area (Å²) in [7, 11) is 0. The van der Waals surface area contributed by atoms with Crippen LogP contribution in [0.15, 0.2) is 54.7 Å². The Morgan fingerprint density at radius 1 is 1.12 bits per heavy atom. The zero-order valence-electron chi connectivity index (χ0n) is 14.6. The minimum absolute atomic E-state index is 0.0973. The molecule has 0 bridgehead atoms. The molecular weight excluding hydrogens is 331 g/mol. The van der Waals surface area contributed by atoms with Crippen LogP contribution in [0.2, 0.25) is 0 Å². The summed E-state index contributed by atoms with van der Waals surface area (Å²) in [6.45, 7) is 1.96. The fourth-order valence-electron chi connectivity index (χ4n) is 3.16. The first kappa shape index (κ1) is 17.9. The van der Waals surface area contributed by atoms with E-state index in [4.69, 9.17) is 0 Å². The van der Waals surface area contributed by atoms with E-state index in [0.717, 1.165) is 16.7 Å². The maximum atomic E-state index is 12.9. The van der Waals surface area contributed by atoms with Crippen molar-refractivity contribution < 1.29 is 14.0 Å². The van der Waals surface area contributed by atoms with Gasteiger partial charge in [0.25, 0.3) is 0 Å². The molecule has 0 unspecified atom stereocenters. The van der Waals surface area contributed by atoms with Gasteiger partial charge < -0.3 is 10.2 Å². The first-order valence-corrected chi connectivity index (χ1v) is 8.62. The van der Waals surface area contributed by atoms with Gasteiger partial charge in [-0.2, -0.15) is 0 Å². The molecule has 2 amide bonds. The first-order chi connectivity index (χ1) is 12.5. The van der Waals surface area contributed by atoms with Crippen LogP contribution >= 0.6 is 0 Å². The first-order valence-electron chi connectivity index (χ1n) is 8.62. The van der Waals surface area contributed by atoms with Gasteiger partial charge in [0.2, 0.25) is 11.8 Å². The van der Waals surface area contributed by atoms with E-state index in [1.165, 1.54) is 19.1 Å². The van der Waals surface area contributed by atoms with Gasteiger partial charge in [-0.25, -0.2) is 4.39 Å². The molecule has 2 aromatic rings. The van der Waals surface area contributed by atoms with Gasteiger partial charge >= 0.3 is 0 Å². The molecule has 1 aliphatic rings. The molecule has 1 heterocycles. The summed E-state index contributed by atoms with van der Waals surface area (Å²) in [5.41, 5.74) is 2.95. The third-order valence-corrected chi connectivity index (χ3v) is 4.50. The monoisotopic (exact) mass is 352 g/mol. The van der Waals surface area contributed by atoms with Gasteiger partial charge in [-0.05, 0) is 41.3 Å². The number of carbonyl (C=O) groups is 2. The normalized spacial score (nSPS) is 15.5. The molecule has 0 radical (unpaired) electrons. The summed E-state index contributed by atoms with van der Waals surface area (Å²) < 4.78 is 12.9. The Hall–Kier alpha value is -2.95. The van der Waals surface area contributed by atoms with Crippen LogP contribution in [-0.4, -0.2) is 23.3 Å². The number of amides is 2. The molecule has 0 saturated carbocycles. The molecule has 26 heavy (non-hydrogen) atoms. The fraction of sp³-hybridized carbons (Fsp3) is 0.238. The number of nitrogens with one attached hydrogen (secondary N) is 1. The van der Waals surface area contributed by atoms with Crippen LogP contribution in [-0.2, 0) is 16.0 Å². The smallest absolute Gasteiger partial charge is 0.223 e. The van der Waals surface area contributed by atoms with Crippen molar-refractivity contribution in [1.29, 1.82) is 0 Å². The van der Waals surface area contributed by atoms with Crippen LogP contribution < -0.4 is 5.32 Å². The maximum Gasteiger partial charge on any atom is 0.223 e. The fourth-order valence-corrected chi connectivity index (χ4v) is 3.16. The molecule has 5 heteroatoms. The molecule has 1 aliphatic heterocycles. The highest BCUT2D eigenvalue weighted by atomic mass is 19.1. The third-order valence-electron chi connectivity index (χ3n) is 4.50. The number of nitrogens with zero attached hydrogens (tertiary/aromatic N) is 1. The zero-order chi connectivity index (χ0) is 18.5. The largest absolute Gasteiger partial charge is 0.356 e. The predicted molar refractivity (Wildman–Crippen MR) is 98.5 cm³/mol. The van der Waals surface area contributed by atoms with Crippen LogP contribution in [0.5, 0.6) is 0 Å². The van der Waals surface area contributed by atoms with E-state index in [2.05, 4.69) is 5.32 Å². The Labute approximate surface area is 152 Å². The number of rotatable bonds is 5. The lowest BCUT2D eigenvalue weighted by Crippen LogP contribution is -2.35. The van der Waals surface area contributed by atoms with E-state index in [9.17, 15) is 14.0 Å². The number of carbonyl (C=O) groups excluding carboxylic acids is 2. The second-order valence-electron chi connectivity index (χ2n) is 6.32. The summed E-state index contributed by atoms with van der Waals surface area (Å²) in [4.78, 5) is 25.9. The van der Waals surface area contributed by atoms with Crippen molar-refractivity contribution in [2.24, 2.45) is 0 Å². The molecule has 0 fully saturated rings. The average molecular weight is 352 g/mol. The molecule has 1 N–H and O–H groups in total. The lowest BCUT2D eigenvalue weighted by Gasteiger charge is -2.32. The molecule has 3 rings (SSSR count). The van der Waals surface area contributed by atoms with Crippen molar-refractivity contribution in [1.82, 2.24) is 10.2 Å². The van der Waals surface area contributed by atoms with E-state index >= 15 is 0 Å². The standard InChI is InChI=1S/C21H21FN2O2/c1-15(25)24-13-11-17-4-2-3-5-19(17)20(24)14-21(26)23-12-10-16-6-8-18(22)9-7-16/h2-9,11,13,20H,10,12,14H2,1H3,(H,23,26)/t20-/m0/s1. The minimum Gasteiger partial charge on any atom is -0.356 e. The highest BCUT2D eigenvalue weighted by Crippen LogP contribution is 2.32. The quantitative estimate of drug-likeness (QED) is 0.896. The van der Waals surface area contributed by atoms with Crippen LogP contribution in [0.1, 0.15) is 36.1 Å². The summed E-state index contributed by atoms with van der Waals surface area (Å²) in [6, 6.07) is 13.7. The van der Waals surface area contributed by atoms with E-state index in [0.29, 0.717) is 13.0 Å². The number of hydrogen-bond acceptors (Lipinski definition) is 2. The summed E-state index contributed by atoms with van der Waals surface area (Å²) >= 11 is 0. The predicted octanol–water partition coefficient (Wildman–Crippen LogP) is 3.45. The van der Waals surface area contributed by atoms with Gasteiger partial charge in [-0.15, -0.1) is 0 Å². The third kappa shape index (κ3) is 4.17. The van der Waals surface area contributed by atoms with Gasteiger partial charge in [0.05, 0.1) is 12.5 Å². The Bertz CT molecular complexity index is 830. The highest BCUT2D eigenvalue weighted by Gasteiger charge is 2.27. The molecule has 2 aromatic carbocycles. The average Bonchev–Trinajstić information content (AvgIpc) is 2.63. The molecule has 0 aromatic heterocycles. The molecule has 0 saturated heterocycles. The Balaban J connectivity index is 1.62. The van der Waals surface area contributed by atoms with Crippen molar-refractivity contribution in [3.05, 3.63) is 77.2 Å². The van der Waals surface area contributed by atoms with Crippen LogP contribution in [0, 0.1) is 5.82 Å². The van der Waals surface area contributed by atoms with Crippen LogP contribution in [0.25, 0.3) is 6.08 Å². The number of hydrogen-bond donors (Lipinski definition) is 1. The SMILES string of the molecule is CC(=O)N1C=Cc2ccccc2[C@@H]1CC(=O)NCCc1ccc(F)cc1. The van der Waals surface area contributed by atoms with E-state index < -0.39 is 0 Å². The second-order valence-corrected chi connectivity index (χ2v) is 6.32. The van der Waals surface area contributed by atoms with E-state index in [1.54, 1.807) is 23.2 Å². The molecule has 134 valence electrons. The van der Waals surface area contributed by atoms with Crippen LogP contribution in [0.4, 0.5) is 4.39 Å². The van der Waals surface area contributed by atoms with Gasteiger partial charge in [-0.1, -0.05) is 36.4 Å². The van der Waals surface area contributed by atoms with Crippen molar-refractivity contribution in [3.63, 3.8) is 0 Å². The summed E-state index contributed by atoms with van der Waals surface area (Å²) in [5, 5.41) is 2.89. The number of benzene rings is 2. The van der Waals surface area contributed by atoms with Gasteiger partial charge in [0.15, 0.2) is 0 Å². The van der Waals surface area contributed by atoms with Crippen LogP contribution in [0.3, 0.4) is 0 Å². The Morgan fingerprint density at radius 2 is 1.85 bits per heavy atom. The molecule has 0 aliphatic carbocycles. The molecular formula is C21H21FN2O2. The van der Waals surface area contributed by atoms with E-state index in [1.807, 2.05) is 30.3 Å². The Morgan fingerprint density at radius 3 is 2.58 bits per heavy atom. The molecule has 1 atom stereocenters. The molecule has 0 spiro atoms. The van der Waals surface area contributed by atoms with Crippen molar-refractivity contribution >= 4 is 17.9 Å². The minimum atomic E-state index is -0.306. The maximum absolute atomic E-state index is 12.9.